The Bertz CT molecular complexity index is 559. The molecule has 0 aromatic carbocycles. The van der Waals surface area contributed by atoms with Crippen LogP contribution in [-0.4, -0.2) is 20.5 Å². The van der Waals surface area contributed by atoms with Gasteiger partial charge < -0.3 is 5.73 Å². The van der Waals surface area contributed by atoms with Gasteiger partial charge in [0.15, 0.2) is 0 Å². The molecule has 0 spiro atoms. The molecule has 18 heavy (non-hydrogen) atoms. The molecule has 2 atom stereocenters. The number of thiophene rings is 1. The lowest BCUT2D eigenvalue weighted by atomic mass is 9.92. The third kappa shape index (κ3) is 2.90. The summed E-state index contributed by atoms with van der Waals surface area (Å²) in [5.74, 6) is 0. The highest BCUT2D eigenvalue weighted by Gasteiger charge is 2.27. The molecule has 0 saturated heterocycles. The summed E-state index contributed by atoms with van der Waals surface area (Å²) >= 11 is 0.977. The Labute approximate surface area is 111 Å². The maximum absolute atomic E-state index is 12.1. The average molecular weight is 285 g/mol. The molecule has 0 aliphatic heterocycles. The Morgan fingerprint density at radius 3 is 2.72 bits per heavy atom. The Morgan fingerprint density at radius 1 is 1.39 bits per heavy atom. The Morgan fingerprint density at radius 2 is 2.11 bits per heavy atom. The molecule has 5 nitrogen and oxygen atoms in total. The van der Waals surface area contributed by atoms with Gasteiger partial charge in [-0.15, -0.1) is 11.3 Å². The highest BCUT2D eigenvalue weighted by atomic mass is 32.2. The van der Waals surface area contributed by atoms with Crippen molar-refractivity contribution in [1.29, 1.82) is 5.26 Å². The number of nitrogens with zero attached hydrogens (tertiary/aromatic N) is 1. The van der Waals surface area contributed by atoms with Gasteiger partial charge in [0, 0.05) is 12.1 Å². The Hall–Kier alpha value is -0.940. The summed E-state index contributed by atoms with van der Waals surface area (Å²) in [5.41, 5.74) is 5.92. The second kappa shape index (κ2) is 5.36. The maximum Gasteiger partial charge on any atom is 0.250 e. The quantitative estimate of drug-likeness (QED) is 0.871. The van der Waals surface area contributed by atoms with Gasteiger partial charge in [0.1, 0.15) is 15.2 Å². The lowest BCUT2D eigenvalue weighted by Gasteiger charge is -2.28. The topological polar surface area (TPSA) is 96.0 Å². The van der Waals surface area contributed by atoms with Crippen molar-refractivity contribution in [1.82, 2.24) is 4.72 Å². The van der Waals surface area contributed by atoms with Crippen molar-refractivity contribution in [3.63, 3.8) is 0 Å². The van der Waals surface area contributed by atoms with E-state index in [2.05, 4.69) is 4.72 Å². The van der Waals surface area contributed by atoms with Crippen molar-refractivity contribution in [2.75, 3.05) is 0 Å². The van der Waals surface area contributed by atoms with Crippen LogP contribution in [0.3, 0.4) is 0 Å². The predicted octanol–water partition coefficient (Wildman–Crippen LogP) is 1.17. The molecule has 0 radical (unpaired) electrons. The van der Waals surface area contributed by atoms with E-state index in [0.29, 0.717) is 4.88 Å². The van der Waals surface area contributed by atoms with Gasteiger partial charge in [-0.3, -0.25) is 0 Å². The van der Waals surface area contributed by atoms with Crippen molar-refractivity contribution in [2.45, 2.75) is 42.0 Å². The molecule has 7 heteroatoms. The van der Waals surface area contributed by atoms with Crippen LogP contribution in [0.1, 0.15) is 30.6 Å². The summed E-state index contributed by atoms with van der Waals surface area (Å²) in [6.07, 6.45) is 3.67. The molecule has 0 unspecified atom stereocenters. The van der Waals surface area contributed by atoms with Gasteiger partial charge in [-0.25, -0.2) is 13.1 Å². The zero-order valence-corrected chi connectivity index (χ0v) is 11.4. The first kappa shape index (κ1) is 13.5. The lowest BCUT2D eigenvalue weighted by Crippen LogP contribution is -2.49. The predicted molar refractivity (Wildman–Crippen MR) is 69.6 cm³/mol. The first-order valence-electron chi connectivity index (χ1n) is 5.81. The SMILES string of the molecule is N#Cc1ccc(S(=O)(=O)N[C@@H]2CCCC[C@H]2N)s1. The van der Waals surface area contributed by atoms with Crippen LogP contribution in [0.15, 0.2) is 16.3 Å². The van der Waals surface area contributed by atoms with Crippen molar-refractivity contribution < 1.29 is 8.42 Å². The van der Waals surface area contributed by atoms with Crippen molar-refractivity contribution in [3.8, 4) is 6.07 Å². The van der Waals surface area contributed by atoms with Crippen LogP contribution >= 0.6 is 11.3 Å². The van der Waals surface area contributed by atoms with E-state index in [4.69, 9.17) is 11.0 Å². The van der Waals surface area contributed by atoms with Crippen LogP contribution < -0.4 is 10.5 Å². The second-order valence-corrected chi connectivity index (χ2v) is 7.43. The normalized spacial score (nSPS) is 24.7. The van der Waals surface area contributed by atoms with E-state index in [-0.39, 0.29) is 16.3 Å². The zero-order chi connectivity index (χ0) is 13.2. The molecular weight excluding hydrogens is 270 g/mol. The summed E-state index contributed by atoms with van der Waals surface area (Å²) in [4.78, 5) is 0.392. The number of sulfonamides is 1. The smallest absolute Gasteiger partial charge is 0.250 e. The fraction of sp³-hybridized carbons (Fsp3) is 0.545. The average Bonchev–Trinajstić information content (AvgIpc) is 2.81. The van der Waals surface area contributed by atoms with Crippen LogP contribution in [0.2, 0.25) is 0 Å². The molecule has 2 rings (SSSR count). The molecule has 3 N–H and O–H groups in total. The number of nitrogens with two attached hydrogens (primary N) is 1. The fourth-order valence-electron chi connectivity index (χ4n) is 2.09. The lowest BCUT2D eigenvalue weighted by molar-refractivity contribution is 0.361. The first-order valence-corrected chi connectivity index (χ1v) is 8.11. The van der Waals surface area contributed by atoms with Gasteiger partial charge in [-0.2, -0.15) is 5.26 Å². The summed E-state index contributed by atoms with van der Waals surface area (Å²) < 4.78 is 27.0. The number of rotatable bonds is 3. The van der Waals surface area contributed by atoms with Gasteiger partial charge in [0.05, 0.1) is 0 Å². The van der Waals surface area contributed by atoms with Crippen LogP contribution in [0.25, 0.3) is 0 Å². The molecule has 1 aromatic rings. The molecule has 1 aliphatic rings. The van der Waals surface area contributed by atoms with Crippen LogP contribution in [0.4, 0.5) is 0 Å². The van der Waals surface area contributed by atoms with Gasteiger partial charge in [-0.05, 0) is 25.0 Å². The van der Waals surface area contributed by atoms with Crippen LogP contribution in [0, 0.1) is 11.3 Å². The number of nitriles is 1. The Balaban J connectivity index is 2.14. The second-order valence-electron chi connectivity index (χ2n) is 4.41. The standard InChI is InChI=1S/C11H15N3O2S2/c12-7-8-5-6-11(17-8)18(15,16)14-10-4-2-1-3-9(10)13/h5-6,9-10,14H,1-4,13H2/t9-,10-/m1/s1. The summed E-state index contributed by atoms with van der Waals surface area (Å²) in [6.45, 7) is 0. The van der Waals surface area contributed by atoms with E-state index < -0.39 is 10.0 Å². The third-order valence-electron chi connectivity index (χ3n) is 3.08. The maximum atomic E-state index is 12.1. The molecule has 1 saturated carbocycles. The van der Waals surface area contributed by atoms with Gasteiger partial charge >= 0.3 is 0 Å². The van der Waals surface area contributed by atoms with E-state index in [1.54, 1.807) is 0 Å². The largest absolute Gasteiger partial charge is 0.326 e. The summed E-state index contributed by atoms with van der Waals surface area (Å²) in [5, 5.41) is 8.71. The number of hydrogen-bond acceptors (Lipinski definition) is 5. The molecule has 1 aromatic heterocycles. The van der Waals surface area contributed by atoms with Gasteiger partial charge in [0.25, 0.3) is 0 Å². The first-order chi connectivity index (χ1) is 8.53. The molecule has 0 bridgehead atoms. The monoisotopic (exact) mass is 285 g/mol. The fourth-order valence-corrected chi connectivity index (χ4v) is 4.53. The number of hydrogen-bond donors (Lipinski definition) is 2. The summed E-state index contributed by atoms with van der Waals surface area (Å²) in [7, 11) is -3.54. The highest BCUT2D eigenvalue weighted by molar-refractivity contribution is 7.91. The number of nitrogens with one attached hydrogen (secondary N) is 1. The van der Waals surface area contributed by atoms with Crippen LogP contribution in [0.5, 0.6) is 0 Å². The zero-order valence-electron chi connectivity index (χ0n) is 9.80. The van der Waals surface area contributed by atoms with Crippen molar-refractivity contribution >= 4 is 21.4 Å². The van der Waals surface area contributed by atoms with Gasteiger partial charge in [0.2, 0.25) is 10.0 Å². The highest BCUT2D eigenvalue weighted by Crippen LogP contribution is 2.23. The van der Waals surface area contributed by atoms with E-state index >= 15 is 0 Å². The third-order valence-corrected chi connectivity index (χ3v) is 6.05. The molecule has 1 heterocycles. The molecule has 98 valence electrons. The van der Waals surface area contributed by atoms with E-state index in [1.165, 1.54) is 12.1 Å². The van der Waals surface area contributed by atoms with E-state index in [0.717, 1.165) is 37.0 Å². The van der Waals surface area contributed by atoms with Crippen molar-refractivity contribution in [3.05, 3.63) is 17.0 Å². The van der Waals surface area contributed by atoms with E-state index in [1.807, 2.05) is 6.07 Å². The molecule has 1 fully saturated rings. The van der Waals surface area contributed by atoms with E-state index in [9.17, 15) is 8.42 Å². The van der Waals surface area contributed by atoms with Crippen molar-refractivity contribution in [2.24, 2.45) is 5.73 Å². The Kier molecular flexibility index (Phi) is 4.02. The van der Waals surface area contributed by atoms with Gasteiger partial charge in [-0.1, -0.05) is 12.8 Å². The molecule has 1 aliphatic carbocycles. The van der Waals surface area contributed by atoms with Crippen LogP contribution in [-0.2, 0) is 10.0 Å². The minimum atomic E-state index is -3.54. The summed E-state index contributed by atoms with van der Waals surface area (Å²) in [6, 6.07) is 4.59. The molecular formula is C11H15N3O2S2. The minimum absolute atomic E-state index is 0.121. The molecule has 0 amide bonds. The minimum Gasteiger partial charge on any atom is -0.326 e.